The molecule has 0 unspecified atom stereocenters. The summed E-state index contributed by atoms with van der Waals surface area (Å²) in [5.74, 6) is 1.23. The smallest absolute Gasteiger partial charge is 0.132 e. The molecule has 0 spiro atoms. The molecule has 3 nitrogen and oxygen atoms in total. The van der Waals surface area contributed by atoms with Crippen LogP contribution in [0, 0.1) is 11.3 Å². The van der Waals surface area contributed by atoms with Gasteiger partial charge in [-0.05, 0) is 24.0 Å². The zero-order valence-electron chi connectivity index (χ0n) is 10.9. The van der Waals surface area contributed by atoms with Gasteiger partial charge in [-0.1, -0.05) is 25.5 Å². The molecule has 1 aliphatic carbocycles. The second-order valence-electron chi connectivity index (χ2n) is 5.95. The minimum atomic E-state index is -0.269. The molecule has 1 aromatic heterocycles. The molecule has 1 N–H and O–H groups in total. The first kappa shape index (κ1) is 12.0. The van der Waals surface area contributed by atoms with E-state index in [1.165, 1.54) is 5.57 Å². The largest absolute Gasteiger partial charge is 0.467 e. The van der Waals surface area contributed by atoms with Crippen LogP contribution >= 0.6 is 0 Å². The number of aliphatic hydroxyl groups excluding tert-OH is 1. The third-order valence-corrected chi connectivity index (χ3v) is 4.55. The fourth-order valence-electron chi connectivity index (χ4n) is 3.11. The highest BCUT2D eigenvalue weighted by Gasteiger charge is 2.44. The SMILES string of the molecule is CC1(C)[C@H](O)CC=C2C[C@@H](c3ccco3)OC[C@@H]21. The van der Waals surface area contributed by atoms with Gasteiger partial charge in [0.1, 0.15) is 11.9 Å². The van der Waals surface area contributed by atoms with Crippen LogP contribution in [0.3, 0.4) is 0 Å². The third kappa shape index (κ3) is 1.82. The van der Waals surface area contributed by atoms with Crippen LogP contribution in [0.4, 0.5) is 0 Å². The Morgan fingerprint density at radius 3 is 2.94 bits per heavy atom. The van der Waals surface area contributed by atoms with Crippen molar-refractivity contribution in [1.82, 2.24) is 0 Å². The highest BCUT2D eigenvalue weighted by molar-refractivity contribution is 5.21. The van der Waals surface area contributed by atoms with E-state index in [2.05, 4.69) is 19.9 Å². The first-order chi connectivity index (χ1) is 8.59. The van der Waals surface area contributed by atoms with Crippen molar-refractivity contribution in [2.24, 2.45) is 11.3 Å². The molecule has 98 valence electrons. The van der Waals surface area contributed by atoms with Crippen LogP contribution in [0.2, 0.25) is 0 Å². The van der Waals surface area contributed by atoms with Gasteiger partial charge in [-0.15, -0.1) is 0 Å². The lowest BCUT2D eigenvalue weighted by molar-refractivity contribution is -0.0730. The number of ether oxygens (including phenoxy) is 1. The predicted octanol–water partition coefficient (Wildman–Crippen LogP) is 3.07. The molecular weight excluding hydrogens is 228 g/mol. The van der Waals surface area contributed by atoms with Gasteiger partial charge in [-0.2, -0.15) is 0 Å². The molecule has 0 saturated carbocycles. The minimum absolute atomic E-state index is 0.0357. The average Bonchev–Trinajstić information content (AvgIpc) is 2.88. The molecule has 3 heteroatoms. The van der Waals surface area contributed by atoms with Crippen LogP contribution in [0.1, 0.15) is 38.6 Å². The zero-order valence-corrected chi connectivity index (χ0v) is 10.9. The highest BCUT2D eigenvalue weighted by atomic mass is 16.5. The minimum Gasteiger partial charge on any atom is -0.467 e. The van der Waals surface area contributed by atoms with Crippen molar-refractivity contribution >= 4 is 0 Å². The van der Waals surface area contributed by atoms with Crippen molar-refractivity contribution in [2.75, 3.05) is 6.61 Å². The quantitative estimate of drug-likeness (QED) is 0.777. The lowest BCUT2D eigenvalue weighted by atomic mass is 9.65. The number of hydrogen-bond acceptors (Lipinski definition) is 3. The van der Waals surface area contributed by atoms with Gasteiger partial charge >= 0.3 is 0 Å². The molecule has 3 atom stereocenters. The molecule has 2 aliphatic rings. The van der Waals surface area contributed by atoms with Gasteiger partial charge in [0.15, 0.2) is 0 Å². The number of hydrogen-bond donors (Lipinski definition) is 1. The topological polar surface area (TPSA) is 42.6 Å². The monoisotopic (exact) mass is 248 g/mol. The molecule has 1 aromatic rings. The van der Waals surface area contributed by atoms with Crippen molar-refractivity contribution in [3.8, 4) is 0 Å². The van der Waals surface area contributed by atoms with Crippen LogP contribution < -0.4 is 0 Å². The Kier molecular flexibility index (Phi) is 2.83. The second-order valence-corrected chi connectivity index (χ2v) is 5.95. The Morgan fingerprint density at radius 1 is 1.39 bits per heavy atom. The molecular formula is C15H20O3. The molecule has 0 radical (unpaired) electrons. The van der Waals surface area contributed by atoms with Gasteiger partial charge in [0.25, 0.3) is 0 Å². The van der Waals surface area contributed by atoms with Crippen molar-refractivity contribution in [2.45, 2.75) is 38.9 Å². The summed E-state index contributed by atoms with van der Waals surface area (Å²) in [6.45, 7) is 4.93. The molecule has 0 amide bonds. The Balaban J connectivity index is 1.82. The third-order valence-electron chi connectivity index (χ3n) is 4.55. The number of aliphatic hydroxyl groups is 1. The Labute approximate surface area is 107 Å². The highest BCUT2D eigenvalue weighted by Crippen LogP contribution is 2.47. The molecule has 1 saturated heterocycles. The Bertz CT molecular complexity index is 444. The Hall–Kier alpha value is -1.06. The lowest BCUT2D eigenvalue weighted by Crippen LogP contribution is -2.44. The summed E-state index contributed by atoms with van der Waals surface area (Å²) in [5, 5.41) is 10.1. The van der Waals surface area contributed by atoms with Crippen LogP contribution in [-0.4, -0.2) is 17.8 Å². The van der Waals surface area contributed by atoms with Crippen LogP contribution in [-0.2, 0) is 4.74 Å². The molecule has 1 aliphatic heterocycles. The van der Waals surface area contributed by atoms with Gasteiger partial charge in [0, 0.05) is 12.3 Å². The summed E-state index contributed by atoms with van der Waals surface area (Å²) in [4.78, 5) is 0. The molecule has 0 bridgehead atoms. The number of fused-ring (bicyclic) bond motifs is 1. The van der Waals surface area contributed by atoms with E-state index in [0.29, 0.717) is 12.5 Å². The van der Waals surface area contributed by atoms with Crippen LogP contribution in [0.5, 0.6) is 0 Å². The van der Waals surface area contributed by atoms with Crippen LogP contribution in [0.15, 0.2) is 34.5 Å². The maximum atomic E-state index is 10.1. The maximum Gasteiger partial charge on any atom is 0.132 e. The van der Waals surface area contributed by atoms with Crippen molar-refractivity contribution < 1.29 is 14.3 Å². The van der Waals surface area contributed by atoms with Gasteiger partial charge in [0.2, 0.25) is 0 Å². The zero-order chi connectivity index (χ0) is 12.8. The average molecular weight is 248 g/mol. The molecule has 0 aromatic carbocycles. The van der Waals surface area contributed by atoms with Crippen LogP contribution in [0.25, 0.3) is 0 Å². The Morgan fingerprint density at radius 2 is 2.22 bits per heavy atom. The fourth-order valence-corrected chi connectivity index (χ4v) is 3.11. The first-order valence-corrected chi connectivity index (χ1v) is 6.61. The first-order valence-electron chi connectivity index (χ1n) is 6.61. The van der Waals surface area contributed by atoms with E-state index < -0.39 is 0 Å². The van der Waals surface area contributed by atoms with Gasteiger partial charge < -0.3 is 14.3 Å². The van der Waals surface area contributed by atoms with E-state index in [1.54, 1.807) is 6.26 Å². The van der Waals surface area contributed by atoms with E-state index in [9.17, 15) is 5.11 Å². The van der Waals surface area contributed by atoms with Gasteiger partial charge in [0.05, 0.1) is 19.0 Å². The number of furan rings is 1. The molecule has 1 fully saturated rings. The van der Waals surface area contributed by atoms with Gasteiger partial charge in [-0.3, -0.25) is 0 Å². The normalized spacial score (nSPS) is 34.8. The van der Waals surface area contributed by atoms with E-state index in [0.717, 1.165) is 18.6 Å². The summed E-state index contributed by atoms with van der Waals surface area (Å²) < 4.78 is 11.4. The fraction of sp³-hybridized carbons (Fsp3) is 0.600. The molecule has 2 heterocycles. The predicted molar refractivity (Wildman–Crippen MR) is 68.0 cm³/mol. The molecule has 18 heavy (non-hydrogen) atoms. The van der Waals surface area contributed by atoms with E-state index in [-0.39, 0.29) is 17.6 Å². The summed E-state index contributed by atoms with van der Waals surface area (Å²) in [7, 11) is 0. The van der Waals surface area contributed by atoms with E-state index in [1.807, 2.05) is 12.1 Å². The summed E-state index contributed by atoms with van der Waals surface area (Å²) in [6, 6.07) is 3.86. The number of rotatable bonds is 1. The molecule has 3 rings (SSSR count). The van der Waals surface area contributed by atoms with Crippen molar-refractivity contribution in [1.29, 1.82) is 0 Å². The standard InChI is InChI=1S/C15H20O3/c1-15(2)11-9-18-13(12-4-3-7-17-12)8-10(11)5-6-14(15)16/h3-5,7,11,13-14,16H,6,8-9H2,1-2H3/t11-,13-,14+/m0/s1. The summed E-state index contributed by atoms with van der Waals surface area (Å²) in [5.41, 5.74) is 1.32. The van der Waals surface area contributed by atoms with E-state index in [4.69, 9.17) is 9.15 Å². The van der Waals surface area contributed by atoms with E-state index >= 15 is 0 Å². The van der Waals surface area contributed by atoms with Crippen molar-refractivity contribution in [3.63, 3.8) is 0 Å². The van der Waals surface area contributed by atoms with Crippen molar-refractivity contribution in [3.05, 3.63) is 35.8 Å². The second kappa shape index (κ2) is 4.25. The summed E-state index contributed by atoms with van der Waals surface area (Å²) in [6.07, 6.45) is 5.29. The maximum absolute atomic E-state index is 10.1. The van der Waals surface area contributed by atoms with Gasteiger partial charge in [-0.25, -0.2) is 0 Å². The lowest BCUT2D eigenvalue weighted by Gasteiger charge is -2.46. The summed E-state index contributed by atoms with van der Waals surface area (Å²) >= 11 is 0.